The molecule has 0 radical (unpaired) electrons. The standard InChI is InChI=1S/C30H38O4/c1-4-29-16-14-26-25-13-7-22(31)20-21(25)6-12-27(26)28(29)15-17-30(29,5-2)34-19-18-33-24-10-8-23(32-3)9-11-24/h2,8-11,20,25-28H,4,6-7,12-19H2,1,3H3/t25?,26?,27?,28?,29-,30-/m0/s1. The van der Waals surface area contributed by atoms with Crippen molar-refractivity contribution in [3.63, 3.8) is 0 Å². The lowest BCUT2D eigenvalue weighted by molar-refractivity contribution is -0.136. The molecule has 0 saturated heterocycles. The van der Waals surface area contributed by atoms with Gasteiger partial charge in [-0.25, -0.2) is 0 Å². The molecule has 3 fully saturated rings. The Morgan fingerprint density at radius 2 is 1.79 bits per heavy atom. The van der Waals surface area contributed by atoms with Crippen LogP contribution in [0.5, 0.6) is 11.5 Å². The Balaban J connectivity index is 1.28. The highest BCUT2D eigenvalue weighted by molar-refractivity contribution is 5.91. The number of carbonyl (C=O) groups is 1. The van der Waals surface area contributed by atoms with Crippen molar-refractivity contribution >= 4 is 5.78 Å². The molecule has 1 aromatic carbocycles. The van der Waals surface area contributed by atoms with Gasteiger partial charge >= 0.3 is 0 Å². The van der Waals surface area contributed by atoms with Gasteiger partial charge in [0, 0.05) is 11.8 Å². The Labute approximate surface area is 204 Å². The van der Waals surface area contributed by atoms with Crippen molar-refractivity contribution in [3.8, 4) is 23.8 Å². The average Bonchev–Trinajstić information content (AvgIpc) is 3.21. The number of rotatable bonds is 7. The zero-order valence-corrected chi connectivity index (χ0v) is 20.7. The molecule has 34 heavy (non-hydrogen) atoms. The Bertz CT molecular complexity index is 973. The lowest BCUT2D eigenvalue weighted by Gasteiger charge is -2.56. The summed E-state index contributed by atoms with van der Waals surface area (Å²) in [7, 11) is 1.66. The molecule has 0 N–H and O–H groups in total. The van der Waals surface area contributed by atoms with Crippen molar-refractivity contribution in [2.24, 2.45) is 29.1 Å². The average molecular weight is 463 g/mol. The third kappa shape index (κ3) is 3.77. The predicted molar refractivity (Wildman–Crippen MR) is 133 cm³/mol. The van der Waals surface area contributed by atoms with E-state index in [-0.39, 0.29) is 5.41 Å². The first kappa shape index (κ1) is 23.5. The normalized spacial score (nSPS) is 36.5. The third-order valence-electron chi connectivity index (χ3n) is 9.74. The van der Waals surface area contributed by atoms with Gasteiger partial charge in [0.1, 0.15) is 23.7 Å². The third-order valence-corrected chi connectivity index (χ3v) is 9.74. The lowest BCUT2D eigenvalue weighted by atomic mass is 9.49. The fourth-order valence-electron chi connectivity index (χ4n) is 8.24. The van der Waals surface area contributed by atoms with Gasteiger partial charge in [-0.1, -0.05) is 18.4 Å². The van der Waals surface area contributed by atoms with Gasteiger partial charge in [-0.05, 0) is 105 Å². The highest BCUT2D eigenvalue weighted by atomic mass is 16.5. The summed E-state index contributed by atoms with van der Waals surface area (Å²) in [6.07, 6.45) is 17.8. The van der Waals surface area contributed by atoms with Gasteiger partial charge in [-0.2, -0.15) is 0 Å². The second-order valence-corrected chi connectivity index (χ2v) is 10.7. The van der Waals surface area contributed by atoms with Crippen LogP contribution in [-0.2, 0) is 9.53 Å². The van der Waals surface area contributed by atoms with Crippen LogP contribution in [0.3, 0.4) is 0 Å². The summed E-state index contributed by atoms with van der Waals surface area (Å²) in [6.45, 7) is 3.29. The number of hydrogen-bond donors (Lipinski definition) is 0. The number of ketones is 1. The monoisotopic (exact) mass is 462 g/mol. The van der Waals surface area contributed by atoms with Crippen molar-refractivity contribution in [1.29, 1.82) is 0 Å². The molecule has 0 amide bonds. The summed E-state index contributed by atoms with van der Waals surface area (Å²) in [5, 5.41) is 0. The Hall–Kier alpha value is -2.25. The van der Waals surface area contributed by atoms with E-state index in [2.05, 4.69) is 12.8 Å². The minimum atomic E-state index is -0.501. The summed E-state index contributed by atoms with van der Waals surface area (Å²) < 4.78 is 17.8. The van der Waals surface area contributed by atoms with Gasteiger partial charge in [-0.3, -0.25) is 4.79 Å². The molecular formula is C30H38O4. The second kappa shape index (κ2) is 9.42. The van der Waals surface area contributed by atoms with E-state index >= 15 is 0 Å². The van der Waals surface area contributed by atoms with Crippen molar-refractivity contribution in [1.82, 2.24) is 0 Å². The maximum absolute atomic E-state index is 12.0. The Morgan fingerprint density at radius 3 is 2.53 bits per heavy atom. The van der Waals surface area contributed by atoms with Crippen molar-refractivity contribution in [2.75, 3.05) is 20.3 Å². The molecule has 4 unspecified atom stereocenters. The SMILES string of the molecule is C#C[C@]1(OCCOc2ccc(OC)cc2)CCC2C3CCC4=CC(=O)CCC4C3CC[C@@]21CC. The highest BCUT2D eigenvalue weighted by Gasteiger charge is 2.64. The van der Waals surface area contributed by atoms with E-state index in [9.17, 15) is 4.79 Å². The van der Waals surface area contributed by atoms with Crippen LogP contribution in [0.25, 0.3) is 0 Å². The van der Waals surface area contributed by atoms with Gasteiger partial charge in [0.25, 0.3) is 0 Å². The van der Waals surface area contributed by atoms with Crippen LogP contribution in [0, 0.1) is 41.4 Å². The van der Waals surface area contributed by atoms with Crippen molar-refractivity contribution < 1.29 is 19.0 Å². The van der Waals surface area contributed by atoms with Crippen LogP contribution in [0.2, 0.25) is 0 Å². The largest absolute Gasteiger partial charge is 0.497 e. The zero-order valence-electron chi connectivity index (χ0n) is 20.7. The molecule has 0 bridgehead atoms. The van der Waals surface area contributed by atoms with E-state index in [1.54, 1.807) is 7.11 Å². The minimum Gasteiger partial charge on any atom is -0.497 e. The van der Waals surface area contributed by atoms with Crippen molar-refractivity contribution in [3.05, 3.63) is 35.9 Å². The second-order valence-electron chi connectivity index (χ2n) is 10.7. The van der Waals surface area contributed by atoms with Crippen LogP contribution in [0.1, 0.15) is 64.7 Å². The molecule has 5 rings (SSSR count). The summed E-state index contributed by atoms with van der Waals surface area (Å²) in [5.74, 6) is 7.81. The first-order valence-electron chi connectivity index (χ1n) is 13.2. The molecule has 0 aromatic heterocycles. The molecule has 182 valence electrons. The van der Waals surface area contributed by atoms with Crippen LogP contribution in [0.4, 0.5) is 0 Å². The Morgan fingerprint density at radius 1 is 1.00 bits per heavy atom. The number of terminal acetylenes is 1. The molecule has 4 heteroatoms. The number of methoxy groups -OCH3 is 1. The summed E-state index contributed by atoms with van der Waals surface area (Å²) >= 11 is 0. The summed E-state index contributed by atoms with van der Waals surface area (Å²) in [4.78, 5) is 12.0. The number of allylic oxidation sites excluding steroid dienone is 1. The molecule has 6 atom stereocenters. The van der Waals surface area contributed by atoms with E-state index in [0.717, 1.165) is 56.4 Å². The highest BCUT2D eigenvalue weighted by Crippen LogP contribution is 2.67. The van der Waals surface area contributed by atoms with E-state index in [1.807, 2.05) is 30.3 Å². The molecule has 0 spiro atoms. The molecule has 4 aliphatic carbocycles. The molecule has 1 aromatic rings. The zero-order chi connectivity index (χ0) is 23.8. The van der Waals surface area contributed by atoms with E-state index in [0.29, 0.717) is 42.7 Å². The Kier molecular flexibility index (Phi) is 6.51. The summed E-state index contributed by atoms with van der Waals surface area (Å²) in [5.41, 5.74) is 0.989. The van der Waals surface area contributed by atoms with Gasteiger partial charge in [0.05, 0.1) is 13.7 Å². The maximum atomic E-state index is 12.0. The molecule has 4 nitrogen and oxygen atoms in total. The van der Waals surface area contributed by atoms with Crippen LogP contribution in [-0.4, -0.2) is 31.7 Å². The fourth-order valence-corrected chi connectivity index (χ4v) is 8.24. The van der Waals surface area contributed by atoms with Crippen LogP contribution < -0.4 is 9.47 Å². The van der Waals surface area contributed by atoms with E-state index in [1.165, 1.54) is 18.4 Å². The number of ether oxygens (including phenoxy) is 3. The fraction of sp³-hybridized carbons (Fsp3) is 0.633. The number of benzene rings is 1. The van der Waals surface area contributed by atoms with Gasteiger partial charge < -0.3 is 14.2 Å². The number of hydrogen-bond acceptors (Lipinski definition) is 4. The van der Waals surface area contributed by atoms with Crippen LogP contribution in [0.15, 0.2) is 35.9 Å². The molecule has 4 aliphatic rings. The number of fused-ring (bicyclic) bond motifs is 5. The number of carbonyl (C=O) groups excluding carboxylic acids is 1. The van der Waals surface area contributed by atoms with Gasteiger partial charge in [-0.15, -0.1) is 6.42 Å². The summed E-state index contributed by atoms with van der Waals surface area (Å²) in [6, 6.07) is 7.64. The quantitative estimate of drug-likeness (QED) is 0.369. The van der Waals surface area contributed by atoms with E-state index < -0.39 is 5.60 Å². The topological polar surface area (TPSA) is 44.8 Å². The van der Waals surface area contributed by atoms with Gasteiger partial charge in [0.2, 0.25) is 0 Å². The first-order valence-corrected chi connectivity index (χ1v) is 13.2. The lowest BCUT2D eigenvalue weighted by Crippen LogP contribution is -2.54. The van der Waals surface area contributed by atoms with Gasteiger partial charge in [0.15, 0.2) is 5.78 Å². The molecule has 0 aliphatic heterocycles. The van der Waals surface area contributed by atoms with E-state index in [4.69, 9.17) is 20.6 Å². The molecular weight excluding hydrogens is 424 g/mol. The molecule has 0 heterocycles. The smallest absolute Gasteiger partial charge is 0.155 e. The molecule has 3 saturated carbocycles. The predicted octanol–water partition coefficient (Wildman–Crippen LogP) is 5.99. The van der Waals surface area contributed by atoms with Crippen LogP contribution >= 0.6 is 0 Å². The first-order chi connectivity index (χ1) is 16.6. The minimum absolute atomic E-state index is 0.0503. The maximum Gasteiger partial charge on any atom is 0.155 e. The van der Waals surface area contributed by atoms with Crippen molar-refractivity contribution in [2.45, 2.75) is 70.3 Å².